The summed E-state index contributed by atoms with van der Waals surface area (Å²) in [6.07, 6.45) is 10.1. The van der Waals surface area contributed by atoms with E-state index in [0.29, 0.717) is 5.92 Å². The molecule has 0 bridgehead atoms. The van der Waals surface area contributed by atoms with Crippen molar-refractivity contribution >= 4 is 6.29 Å². The van der Waals surface area contributed by atoms with Crippen molar-refractivity contribution in [1.29, 1.82) is 0 Å². The second-order valence-electron chi connectivity index (χ2n) is 4.84. The Morgan fingerprint density at radius 1 is 1.14 bits per heavy atom. The first-order chi connectivity index (χ1) is 6.90. The monoisotopic (exact) mass is 195 g/mol. The molecule has 0 radical (unpaired) electrons. The van der Waals surface area contributed by atoms with Crippen LogP contribution in [0.1, 0.15) is 44.9 Å². The highest BCUT2D eigenvalue weighted by Gasteiger charge is 2.27. The van der Waals surface area contributed by atoms with Gasteiger partial charge in [0.2, 0.25) is 0 Å². The summed E-state index contributed by atoms with van der Waals surface area (Å²) in [6.45, 7) is 2.46. The van der Waals surface area contributed by atoms with Crippen LogP contribution in [0.2, 0.25) is 0 Å². The molecule has 2 heteroatoms. The molecule has 1 aliphatic carbocycles. The van der Waals surface area contributed by atoms with E-state index < -0.39 is 0 Å². The molecule has 2 rings (SSSR count). The summed E-state index contributed by atoms with van der Waals surface area (Å²) in [6, 6.07) is 0.851. The van der Waals surface area contributed by atoms with Gasteiger partial charge in [0.25, 0.3) is 0 Å². The van der Waals surface area contributed by atoms with Crippen LogP contribution >= 0.6 is 0 Å². The lowest BCUT2D eigenvalue weighted by Crippen LogP contribution is -2.41. The Hall–Kier alpha value is -0.370. The van der Waals surface area contributed by atoms with Crippen molar-refractivity contribution in [1.82, 2.24) is 4.90 Å². The molecule has 1 saturated heterocycles. The summed E-state index contributed by atoms with van der Waals surface area (Å²) in [5, 5.41) is 0. The van der Waals surface area contributed by atoms with Crippen molar-refractivity contribution in [3.05, 3.63) is 0 Å². The summed E-state index contributed by atoms with van der Waals surface area (Å²) in [7, 11) is 0. The lowest BCUT2D eigenvalue weighted by Gasteiger charge is -2.36. The van der Waals surface area contributed by atoms with Gasteiger partial charge in [-0.05, 0) is 38.1 Å². The molecule has 1 atom stereocenters. The molecule has 2 aliphatic rings. The average Bonchev–Trinajstić information content (AvgIpc) is 2.71. The SMILES string of the molecule is O=CCC1CCCN(C2CCCC2)C1. The highest BCUT2D eigenvalue weighted by atomic mass is 16.1. The number of hydrogen-bond acceptors (Lipinski definition) is 2. The molecule has 1 unspecified atom stereocenters. The van der Waals surface area contributed by atoms with Crippen molar-refractivity contribution in [2.24, 2.45) is 5.92 Å². The Morgan fingerprint density at radius 3 is 2.64 bits per heavy atom. The van der Waals surface area contributed by atoms with Crippen LogP contribution < -0.4 is 0 Å². The summed E-state index contributed by atoms with van der Waals surface area (Å²) in [5.41, 5.74) is 0. The normalized spacial score (nSPS) is 30.7. The van der Waals surface area contributed by atoms with Crippen molar-refractivity contribution in [3.63, 3.8) is 0 Å². The molecule has 0 amide bonds. The molecule has 0 aromatic carbocycles. The quantitative estimate of drug-likeness (QED) is 0.644. The first kappa shape index (κ1) is 10.2. The molecule has 0 aromatic rings. The molecule has 2 fully saturated rings. The molecule has 0 N–H and O–H groups in total. The van der Waals surface area contributed by atoms with E-state index in [9.17, 15) is 4.79 Å². The Bertz CT molecular complexity index is 187. The number of nitrogens with zero attached hydrogens (tertiary/aromatic N) is 1. The minimum atomic E-state index is 0.654. The molecule has 1 saturated carbocycles. The number of hydrogen-bond donors (Lipinski definition) is 0. The predicted octanol–water partition coefficient (Wildman–Crippen LogP) is 2.23. The predicted molar refractivity (Wildman–Crippen MR) is 57.2 cm³/mol. The number of carbonyl (C=O) groups excluding carboxylic acids is 1. The topological polar surface area (TPSA) is 20.3 Å². The van der Waals surface area contributed by atoms with Crippen LogP contribution in [0.3, 0.4) is 0 Å². The van der Waals surface area contributed by atoms with Crippen LogP contribution in [-0.4, -0.2) is 30.3 Å². The van der Waals surface area contributed by atoms with E-state index in [1.807, 2.05) is 0 Å². The largest absolute Gasteiger partial charge is 0.303 e. The van der Waals surface area contributed by atoms with Crippen molar-refractivity contribution < 1.29 is 4.79 Å². The summed E-state index contributed by atoms with van der Waals surface area (Å²) in [4.78, 5) is 13.1. The maximum absolute atomic E-state index is 10.5. The molecular formula is C12H21NO. The number of rotatable bonds is 3. The van der Waals surface area contributed by atoms with Gasteiger partial charge in [-0.25, -0.2) is 0 Å². The van der Waals surface area contributed by atoms with Gasteiger partial charge >= 0.3 is 0 Å². The zero-order valence-corrected chi connectivity index (χ0v) is 8.95. The van der Waals surface area contributed by atoms with Gasteiger partial charge in [-0.1, -0.05) is 12.8 Å². The molecule has 0 aromatic heterocycles. The fourth-order valence-electron chi connectivity index (χ4n) is 3.03. The Morgan fingerprint density at radius 2 is 1.93 bits per heavy atom. The molecular weight excluding hydrogens is 174 g/mol. The van der Waals surface area contributed by atoms with Crippen LogP contribution in [0.25, 0.3) is 0 Å². The van der Waals surface area contributed by atoms with Crippen molar-refractivity contribution in [2.45, 2.75) is 51.0 Å². The lowest BCUT2D eigenvalue weighted by molar-refractivity contribution is -0.109. The van der Waals surface area contributed by atoms with E-state index in [4.69, 9.17) is 0 Å². The third-order valence-electron chi connectivity index (χ3n) is 3.82. The molecule has 14 heavy (non-hydrogen) atoms. The van der Waals surface area contributed by atoms with E-state index in [0.717, 1.165) is 18.7 Å². The molecule has 0 spiro atoms. The molecule has 1 heterocycles. The number of likely N-dealkylation sites (tertiary alicyclic amines) is 1. The van der Waals surface area contributed by atoms with Gasteiger partial charge in [0.15, 0.2) is 0 Å². The lowest BCUT2D eigenvalue weighted by atomic mass is 9.94. The highest BCUT2D eigenvalue weighted by molar-refractivity contribution is 5.49. The van der Waals surface area contributed by atoms with E-state index in [1.165, 1.54) is 51.6 Å². The second kappa shape index (κ2) is 4.92. The standard InChI is InChI=1S/C12H21NO/c14-9-7-11-4-3-8-13(10-11)12-5-1-2-6-12/h9,11-12H,1-8,10H2. The van der Waals surface area contributed by atoms with Gasteiger partial charge in [0, 0.05) is 19.0 Å². The minimum absolute atomic E-state index is 0.654. The zero-order chi connectivity index (χ0) is 9.80. The van der Waals surface area contributed by atoms with E-state index in [-0.39, 0.29) is 0 Å². The number of carbonyl (C=O) groups is 1. The van der Waals surface area contributed by atoms with Crippen LogP contribution in [-0.2, 0) is 4.79 Å². The average molecular weight is 195 g/mol. The molecule has 80 valence electrons. The third kappa shape index (κ3) is 2.35. The van der Waals surface area contributed by atoms with Gasteiger partial charge in [-0.3, -0.25) is 0 Å². The Balaban J connectivity index is 1.83. The number of piperidine rings is 1. The first-order valence-electron chi connectivity index (χ1n) is 6.08. The Kier molecular flexibility index (Phi) is 3.57. The zero-order valence-electron chi connectivity index (χ0n) is 8.95. The maximum atomic E-state index is 10.5. The van der Waals surface area contributed by atoms with Gasteiger partial charge in [0.1, 0.15) is 6.29 Å². The summed E-state index contributed by atoms with van der Waals surface area (Å²) < 4.78 is 0. The minimum Gasteiger partial charge on any atom is -0.303 e. The summed E-state index contributed by atoms with van der Waals surface area (Å²) >= 11 is 0. The maximum Gasteiger partial charge on any atom is 0.120 e. The van der Waals surface area contributed by atoms with Crippen molar-refractivity contribution in [3.8, 4) is 0 Å². The van der Waals surface area contributed by atoms with Crippen LogP contribution in [0, 0.1) is 5.92 Å². The van der Waals surface area contributed by atoms with Gasteiger partial charge in [0.05, 0.1) is 0 Å². The van der Waals surface area contributed by atoms with Gasteiger partial charge < -0.3 is 9.69 Å². The van der Waals surface area contributed by atoms with Crippen LogP contribution in [0.15, 0.2) is 0 Å². The number of aldehydes is 1. The first-order valence-corrected chi connectivity index (χ1v) is 6.08. The molecule has 2 nitrogen and oxygen atoms in total. The fraction of sp³-hybridized carbons (Fsp3) is 0.917. The van der Waals surface area contributed by atoms with Crippen LogP contribution in [0.4, 0.5) is 0 Å². The van der Waals surface area contributed by atoms with Crippen LogP contribution in [0.5, 0.6) is 0 Å². The fourth-order valence-corrected chi connectivity index (χ4v) is 3.03. The van der Waals surface area contributed by atoms with E-state index >= 15 is 0 Å². The van der Waals surface area contributed by atoms with Gasteiger partial charge in [-0.15, -0.1) is 0 Å². The van der Waals surface area contributed by atoms with E-state index in [2.05, 4.69) is 4.90 Å². The van der Waals surface area contributed by atoms with E-state index in [1.54, 1.807) is 0 Å². The van der Waals surface area contributed by atoms with Gasteiger partial charge in [-0.2, -0.15) is 0 Å². The highest BCUT2D eigenvalue weighted by Crippen LogP contribution is 2.28. The Labute approximate surface area is 86.7 Å². The smallest absolute Gasteiger partial charge is 0.120 e. The second-order valence-corrected chi connectivity index (χ2v) is 4.84. The van der Waals surface area contributed by atoms with Crippen molar-refractivity contribution in [2.75, 3.05) is 13.1 Å². The molecule has 1 aliphatic heterocycles. The summed E-state index contributed by atoms with van der Waals surface area (Å²) in [5.74, 6) is 0.654. The third-order valence-corrected chi connectivity index (χ3v) is 3.82.